The zero-order chi connectivity index (χ0) is 17.2. The average Bonchev–Trinajstić information content (AvgIpc) is 3.01. The Morgan fingerprint density at radius 2 is 2.08 bits per heavy atom. The van der Waals surface area contributed by atoms with Crippen molar-refractivity contribution in [1.29, 1.82) is 0 Å². The van der Waals surface area contributed by atoms with Gasteiger partial charge in [-0.2, -0.15) is 0 Å². The van der Waals surface area contributed by atoms with Crippen LogP contribution in [0.5, 0.6) is 5.75 Å². The van der Waals surface area contributed by atoms with Gasteiger partial charge in [0.2, 0.25) is 11.8 Å². The number of ether oxygens (including phenoxy) is 1. The van der Waals surface area contributed by atoms with Crippen LogP contribution in [0, 0.1) is 0 Å². The molecule has 1 aliphatic carbocycles. The van der Waals surface area contributed by atoms with E-state index in [1.165, 1.54) is 23.8 Å². The molecule has 0 radical (unpaired) electrons. The van der Waals surface area contributed by atoms with Crippen LogP contribution in [0.2, 0.25) is 0 Å². The molecule has 1 atom stereocenters. The highest BCUT2D eigenvalue weighted by Gasteiger charge is 2.43. The highest BCUT2D eigenvalue weighted by Crippen LogP contribution is 2.46. The van der Waals surface area contributed by atoms with Crippen molar-refractivity contribution in [3.8, 4) is 5.75 Å². The molecule has 5 heteroatoms. The van der Waals surface area contributed by atoms with Crippen LogP contribution in [0.25, 0.3) is 0 Å². The fourth-order valence-corrected chi connectivity index (χ4v) is 3.76. The molecule has 24 heavy (non-hydrogen) atoms. The Hall–Kier alpha value is -2.30. The number of fused-ring (bicyclic) bond motifs is 1. The van der Waals surface area contributed by atoms with Gasteiger partial charge >= 0.3 is 0 Å². The van der Waals surface area contributed by atoms with E-state index in [0.29, 0.717) is 0 Å². The molecule has 3 rings (SSSR count). The maximum absolute atomic E-state index is 12.4. The topological polar surface area (TPSA) is 58.6 Å². The predicted molar refractivity (Wildman–Crippen MR) is 91.6 cm³/mol. The summed E-state index contributed by atoms with van der Waals surface area (Å²) in [6, 6.07) is 7.82. The van der Waals surface area contributed by atoms with Crippen LogP contribution in [0.3, 0.4) is 0 Å². The van der Waals surface area contributed by atoms with Crippen LogP contribution in [-0.4, -0.2) is 35.9 Å². The lowest BCUT2D eigenvalue weighted by Crippen LogP contribution is -2.45. The molecule has 1 spiro atoms. The van der Waals surface area contributed by atoms with Crippen molar-refractivity contribution in [2.24, 2.45) is 0 Å². The number of carbonyl (C=O) groups excluding carboxylic acids is 2. The second kappa shape index (κ2) is 6.67. The largest absolute Gasteiger partial charge is 0.487 e. The second-order valence-electron chi connectivity index (χ2n) is 6.75. The number of rotatable bonds is 4. The quantitative estimate of drug-likeness (QED) is 0.864. The molecule has 1 heterocycles. The highest BCUT2D eigenvalue weighted by molar-refractivity contribution is 5.90. The summed E-state index contributed by atoms with van der Waals surface area (Å²) in [5.41, 5.74) is 0.857. The van der Waals surface area contributed by atoms with Crippen LogP contribution in [0.1, 0.15) is 43.7 Å². The van der Waals surface area contributed by atoms with E-state index in [0.717, 1.165) is 30.6 Å². The molecular weight excluding hydrogens is 304 g/mol. The molecule has 2 aliphatic rings. The summed E-state index contributed by atoms with van der Waals surface area (Å²) in [4.78, 5) is 25.3. The molecule has 2 amide bonds. The summed E-state index contributed by atoms with van der Waals surface area (Å²) in [7, 11) is 1.60. The molecule has 0 saturated heterocycles. The van der Waals surface area contributed by atoms with Gasteiger partial charge in [0.05, 0.1) is 12.6 Å². The fraction of sp³-hybridized carbons (Fsp3) is 0.474. The van der Waals surface area contributed by atoms with Gasteiger partial charge < -0.3 is 15.0 Å². The van der Waals surface area contributed by atoms with Crippen molar-refractivity contribution in [2.45, 2.75) is 43.7 Å². The van der Waals surface area contributed by atoms with Crippen LogP contribution in [0.15, 0.2) is 36.9 Å². The predicted octanol–water partition coefficient (Wildman–Crippen LogP) is 2.58. The Bertz CT molecular complexity index is 650. The number of hydrogen-bond acceptors (Lipinski definition) is 3. The van der Waals surface area contributed by atoms with Crippen molar-refractivity contribution < 1.29 is 14.3 Å². The number of carbonyl (C=O) groups is 2. The number of nitrogens with zero attached hydrogens (tertiary/aromatic N) is 1. The minimum Gasteiger partial charge on any atom is -0.487 e. The van der Waals surface area contributed by atoms with Gasteiger partial charge in [-0.3, -0.25) is 9.59 Å². The van der Waals surface area contributed by atoms with E-state index in [2.05, 4.69) is 11.9 Å². The Morgan fingerprint density at radius 1 is 1.38 bits per heavy atom. The molecule has 1 aromatic rings. The van der Waals surface area contributed by atoms with Gasteiger partial charge in [-0.1, -0.05) is 24.8 Å². The number of para-hydroxylation sites is 1. The maximum Gasteiger partial charge on any atom is 0.246 e. The summed E-state index contributed by atoms with van der Waals surface area (Å²) in [5.74, 6) is 0.443. The number of hydrogen-bond donors (Lipinski definition) is 1. The number of benzene rings is 1. The molecule has 128 valence electrons. The Morgan fingerprint density at radius 3 is 2.79 bits per heavy atom. The third-order valence-electron chi connectivity index (χ3n) is 4.98. The molecule has 0 bridgehead atoms. The van der Waals surface area contributed by atoms with Gasteiger partial charge in [-0.15, -0.1) is 0 Å². The first kappa shape index (κ1) is 16.6. The molecular formula is C19H24N2O3. The summed E-state index contributed by atoms with van der Waals surface area (Å²) >= 11 is 0. The standard InChI is InChI=1S/C19H24N2O3/c1-3-18(23)21(2)13-17(22)20-15-12-19(10-6-7-11-19)24-16-9-5-4-8-14(15)16/h3-5,8-9,15H,1,6-7,10-13H2,2H3,(H,20,22). The van der Waals surface area contributed by atoms with Gasteiger partial charge in [0.1, 0.15) is 11.4 Å². The van der Waals surface area contributed by atoms with Gasteiger partial charge in [-0.25, -0.2) is 0 Å². The van der Waals surface area contributed by atoms with Crippen molar-refractivity contribution in [3.05, 3.63) is 42.5 Å². The minimum atomic E-state index is -0.259. The van der Waals surface area contributed by atoms with Crippen LogP contribution in [-0.2, 0) is 9.59 Å². The van der Waals surface area contributed by atoms with E-state index >= 15 is 0 Å². The van der Waals surface area contributed by atoms with Gasteiger partial charge in [0.15, 0.2) is 0 Å². The Labute approximate surface area is 142 Å². The van der Waals surface area contributed by atoms with Gasteiger partial charge in [0.25, 0.3) is 0 Å². The summed E-state index contributed by atoms with van der Waals surface area (Å²) in [5, 5.41) is 3.09. The van der Waals surface area contributed by atoms with E-state index in [1.54, 1.807) is 7.05 Å². The van der Waals surface area contributed by atoms with Crippen LogP contribution < -0.4 is 10.1 Å². The molecule has 0 aromatic heterocycles. The summed E-state index contributed by atoms with van der Waals surface area (Å²) in [6.07, 6.45) is 6.39. The van der Waals surface area contributed by atoms with Gasteiger partial charge in [0, 0.05) is 19.0 Å². The smallest absolute Gasteiger partial charge is 0.246 e. The molecule has 1 N–H and O–H groups in total. The maximum atomic E-state index is 12.4. The van der Waals surface area contributed by atoms with Crippen LogP contribution >= 0.6 is 0 Å². The van der Waals surface area contributed by atoms with Crippen molar-refractivity contribution >= 4 is 11.8 Å². The van der Waals surface area contributed by atoms with E-state index in [1.807, 2.05) is 24.3 Å². The molecule has 5 nitrogen and oxygen atoms in total. The van der Waals surface area contributed by atoms with Crippen molar-refractivity contribution in [1.82, 2.24) is 10.2 Å². The molecule has 1 saturated carbocycles. The number of likely N-dealkylation sites (N-methyl/N-ethyl adjacent to an activating group) is 1. The first-order chi connectivity index (χ1) is 11.5. The lowest BCUT2D eigenvalue weighted by atomic mass is 9.86. The van der Waals surface area contributed by atoms with E-state index in [4.69, 9.17) is 4.74 Å². The first-order valence-corrected chi connectivity index (χ1v) is 8.48. The summed E-state index contributed by atoms with van der Waals surface area (Å²) in [6.45, 7) is 3.47. The molecule has 1 aromatic carbocycles. The lowest BCUT2D eigenvalue weighted by molar-refractivity contribution is -0.131. The summed E-state index contributed by atoms with van der Waals surface area (Å²) < 4.78 is 6.30. The SMILES string of the molecule is C=CC(=O)N(C)CC(=O)NC1CC2(CCCC2)Oc2ccccc21. The lowest BCUT2D eigenvalue weighted by Gasteiger charge is -2.40. The zero-order valence-corrected chi connectivity index (χ0v) is 14.1. The Kier molecular flexibility index (Phi) is 4.60. The third-order valence-corrected chi connectivity index (χ3v) is 4.98. The Balaban J connectivity index is 1.75. The normalized spacial score (nSPS) is 20.8. The molecule has 1 unspecified atom stereocenters. The van der Waals surface area contributed by atoms with Crippen LogP contribution in [0.4, 0.5) is 0 Å². The van der Waals surface area contributed by atoms with Crippen molar-refractivity contribution in [2.75, 3.05) is 13.6 Å². The molecule has 1 aliphatic heterocycles. The minimum absolute atomic E-state index is 0.0252. The van der Waals surface area contributed by atoms with E-state index in [-0.39, 0.29) is 30.0 Å². The van der Waals surface area contributed by atoms with Gasteiger partial charge in [-0.05, 0) is 37.8 Å². The monoisotopic (exact) mass is 328 g/mol. The highest BCUT2D eigenvalue weighted by atomic mass is 16.5. The number of nitrogens with one attached hydrogen (secondary N) is 1. The van der Waals surface area contributed by atoms with E-state index in [9.17, 15) is 9.59 Å². The number of amides is 2. The first-order valence-electron chi connectivity index (χ1n) is 8.48. The zero-order valence-electron chi connectivity index (χ0n) is 14.1. The van der Waals surface area contributed by atoms with Crippen molar-refractivity contribution in [3.63, 3.8) is 0 Å². The van der Waals surface area contributed by atoms with E-state index < -0.39 is 0 Å². The second-order valence-corrected chi connectivity index (χ2v) is 6.75. The fourth-order valence-electron chi connectivity index (χ4n) is 3.76. The molecule has 1 fully saturated rings. The average molecular weight is 328 g/mol. The third kappa shape index (κ3) is 3.30.